The van der Waals surface area contributed by atoms with Crippen LogP contribution in [0.1, 0.15) is 52.0 Å². The van der Waals surface area contributed by atoms with Crippen LogP contribution in [0.2, 0.25) is 0 Å². The average Bonchev–Trinajstić information content (AvgIpc) is 2.71. The molecule has 5 nitrogen and oxygen atoms in total. The summed E-state index contributed by atoms with van der Waals surface area (Å²) in [5.41, 5.74) is 2.97. The summed E-state index contributed by atoms with van der Waals surface area (Å²) in [6.45, 7) is 5.51. The predicted octanol–water partition coefficient (Wildman–Crippen LogP) is 4.70. The van der Waals surface area contributed by atoms with Crippen LogP contribution in [0.4, 0.5) is 0 Å². The molecule has 0 aromatic heterocycles. The van der Waals surface area contributed by atoms with E-state index in [-0.39, 0.29) is 19.0 Å². The minimum Gasteiger partial charge on any atom is -0.464 e. The fourth-order valence-corrected chi connectivity index (χ4v) is 2.99. The zero-order valence-electron chi connectivity index (χ0n) is 18.1. The molecule has 2 aromatic carbocycles. The Labute approximate surface area is 179 Å². The normalized spacial score (nSPS) is 12.3. The first-order chi connectivity index (χ1) is 14.2. The maximum atomic E-state index is 11.9. The van der Waals surface area contributed by atoms with Crippen molar-refractivity contribution in [2.24, 2.45) is 0 Å². The van der Waals surface area contributed by atoms with Gasteiger partial charge < -0.3 is 14.6 Å². The second kappa shape index (κ2) is 11.5. The molecule has 30 heavy (non-hydrogen) atoms. The summed E-state index contributed by atoms with van der Waals surface area (Å²) in [5, 5.41) is 9.98. The highest BCUT2D eigenvalue weighted by molar-refractivity contribution is 5.74. The van der Waals surface area contributed by atoms with Gasteiger partial charge in [0.25, 0.3) is 0 Å². The third-order valence-corrected chi connectivity index (χ3v) is 4.47. The van der Waals surface area contributed by atoms with Crippen LogP contribution in [0.3, 0.4) is 0 Å². The summed E-state index contributed by atoms with van der Waals surface area (Å²) in [6, 6.07) is 18.5. The van der Waals surface area contributed by atoms with E-state index in [9.17, 15) is 14.7 Å². The molecule has 5 heteroatoms. The summed E-state index contributed by atoms with van der Waals surface area (Å²) < 4.78 is 10.2. The number of hydrogen-bond donors (Lipinski definition) is 1. The summed E-state index contributed by atoms with van der Waals surface area (Å²) in [7, 11) is 0. The first kappa shape index (κ1) is 23.6. The molecule has 0 saturated carbocycles. The van der Waals surface area contributed by atoms with Crippen molar-refractivity contribution in [1.82, 2.24) is 0 Å². The average molecular weight is 413 g/mol. The summed E-state index contributed by atoms with van der Waals surface area (Å²) in [6.07, 6.45) is 1.21. The first-order valence-electron chi connectivity index (χ1n) is 10.5. The van der Waals surface area contributed by atoms with Gasteiger partial charge in [-0.3, -0.25) is 4.79 Å². The van der Waals surface area contributed by atoms with E-state index in [1.54, 1.807) is 20.8 Å². The number of aliphatic hydroxyl groups is 1. The lowest BCUT2D eigenvalue weighted by molar-refractivity contribution is -0.158. The van der Waals surface area contributed by atoms with Gasteiger partial charge in [-0.25, -0.2) is 4.79 Å². The highest BCUT2D eigenvalue weighted by atomic mass is 16.6. The number of aryl methyl sites for hydroxylation is 1. The van der Waals surface area contributed by atoms with Crippen molar-refractivity contribution >= 4 is 11.9 Å². The monoisotopic (exact) mass is 412 g/mol. The Kier molecular flexibility index (Phi) is 9.06. The van der Waals surface area contributed by atoms with Gasteiger partial charge in [0.05, 0.1) is 6.61 Å². The van der Waals surface area contributed by atoms with Crippen molar-refractivity contribution in [3.8, 4) is 11.1 Å². The van der Waals surface area contributed by atoms with E-state index in [1.165, 1.54) is 5.56 Å². The molecule has 0 aliphatic heterocycles. The number of aliphatic hydroxyl groups excluding tert-OH is 1. The maximum Gasteiger partial charge on any atom is 0.334 e. The number of carbonyl (C=O) groups is 2. The lowest BCUT2D eigenvalue weighted by Gasteiger charge is -2.19. The fraction of sp³-hybridized carbons (Fsp3) is 0.440. The molecular formula is C25H32O5. The van der Waals surface area contributed by atoms with Crippen LogP contribution in [0.5, 0.6) is 0 Å². The summed E-state index contributed by atoms with van der Waals surface area (Å²) in [4.78, 5) is 23.5. The molecule has 0 fully saturated rings. The Morgan fingerprint density at radius 2 is 1.57 bits per heavy atom. The molecule has 0 aliphatic carbocycles. The molecule has 1 atom stereocenters. The van der Waals surface area contributed by atoms with Crippen LogP contribution in [0.15, 0.2) is 54.6 Å². The van der Waals surface area contributed by atoms with Crippen LogP contribution >= 0.6 is 0 Å². The zero-order chi connectivity index (χ0) is 22.0. The second-order valence-corrected chi connectivity index (χ2v) is 8.33. The highest BCUT2D eigenvalue weighted by Gasteiger charge is 2.18. The quantitative estimate of drug-likeness (QED) is 0.452. The van der Waals surface area contributed by atoms with Crippen molar-refractivity contribution in [3.05, 3.63) is 60.2 Å². The molecule has 0 heterocycles. The van der Waals surface area contributed by atoms with E-state index in [2.05, 4.69) is 36.4 Å². The summed E-state index contributed by atoms with van der Waals surface area (Å²) >= 11 is 0. The SMILES string of the molecule is CC(C)(C)OC(=O)CCCOC(=O)C(O)CCCc1ccc(-c2ccccc2)cc1. The minimum atomic E-state index is -1.14. The molecule has 0 spiro atoms. The van der Waals surface area contributed by atoms with Gasteiger partial charge in [-0.15, -0.1) is 0 Å². The number of carbonyl (C=O) groups excluding carboxylic acids is 2. The van der Waals surface area contributed by atoms with Gasteiger partial charge >= 0.3 is 11.9 Å². The van der Waals surface area contributed by atoms with Crippen LogP contribution in [0, 0.1) is 0 Å². The lowest BCUT2D eigenvalue weighted by atomic mass is 10.0. The number of ether oxygens (including phenoxy) is 2. The van der Waals surface area contributed by atoms with Crippen molar-refractivity contribution < 1.29 is 24.2 Å². The van der Waals surface area contributed by atoms with E-state index in [0.717, 1.165) is 17.5 Å². The first-order valence-corrected chi connectivity index (χ1v) is 10.5. The number of hydrogen-bond acceptors (Lipinski definition) is 5. The Hall–Kier alpha value is -2.66. The van der Waals surface area contributed by atoms with Crippen molar-refractivity contribution in [1.29, 1.82) is 0 Å². The van der Waals surface area contributed by atoms with Gasteiger partial charge in [0.1, 0.15) is 5.60 Å². The molecule has 1 unspecified atom stereocenters. The van der Waals surface area contributed by atoms with Gasteiger partial charge in [-0.1, -0.05) is 54.6 Å². The van der Waals surface area contributed by atoms with Gasteiger partial charge in [0, 0.05) is 6.42 Å². The van der Waals surface area contributed by atoms with Gasteiger partial charge in [0.2, 0.25) is 0 Å². The van der Waals surface area contributed by atoms with Crippen molar-refractivity contribution in [2.45, 2.75) is 64.6 Å². The van der Waals surface area contributed by atoms with E-state index in [4.69, 9.17) is 9.47 Å². The van der Waals surface area contributed by atoms with Crippen molar-refractivity contribution in [3.63, 3.8) is 0 Å². The van der Waals surface area contributed by atoms with Crippen LogP contribution < -0.4 is 0 Å². The number of esters is 2. The van der Waals surface area contributed by atoms with E-state index >= 15 is 0 Å². The minimum absolute atomic E-state index is 0.0933. The zero-order valence-corrected chi connectivity index (χ0v) is 18.1. The Morgan fingerprint density at radius 1 is 0.933 bits per heavy atom. The van der Waals surface area contributed by atoms with Crippen LogP contribution in [-0.4, -0.2) is 35.4 Å². The van der Waals surface area contributed by atoms with Crippen LogP contribution in [0.25, 0.3) is 11.1 Å². The molecule has 0 radical (unpaired) electrons. The predicted molar refractivity (Wildman–Crippen MR) is 117 cm³/mol. The van der Waals surface area contributed by atoms with E-state index < -0.39 is 17.7 Å². The van der Waals surface area contributed by atoms with Crippen LogP contribution in [-0.2, 0) is 25.5 Å². The molecule has 0 bridgehead atoms. The number of benzene rings is 2. The fourth-order valence-electron chi connectivity index (χ4n) is 2.99. The maximum absolute atomic E-state index is 11.9. The Bertz CT molecular complexity index is 791. The van der Waals surface area contributed by atoms with Crippen molar-refractivity contribution in [2.75, 3.05) is 6.61 Å². The third kappa shape index (κ3) is 8.78. The van der Waals surface area contributed by atoms with E-state index in [1.807, 2.05) is 18.2 Å². The smallest absolute Gasteiger partial charge is 0.334 e. The Morgan fingerprint density at radius 3 is 2.20 bits per heavy atom. The summed E-state index contributed by atoms with van der Waals surface area (Å²) in [5.74, 6) is -0.962. The largest absolute Gasteiger partial charge is 0.464 e. The molecule has 2 aromatic rings. The molecule has 2 rings (SSSR count). The number of rotatable bonds is 10. The standard InChI is InChI=1S/C25H32O5/c1-25(2,3)30-23(27)13-8-18-29-24(28)22(26)12-7-9-19-14-16-21(17-15-19)20-10-5-4-6-11-20/h4-6,10-11,14-17,22,26H,7-9,12-13,18H2,1-3H3. The van der Waals surface area contributed by atoms with Gasteiger partial charge in [-0.05, 0) is 63.1 Å². The molecule has 162 valence electrons. The molecule has 1 N–H and O–H groups in total. The highest BCUT2D eigenvalue weighted by Crippen LogP contribution is 2.20. The molecule has 0 saturated heterocycles. The van der Waals surface area contributed by atoms with E-state index in [0.29, 0.717) is 19.3 Å². The Balaban J connectivity index is 1.63. The molecular weight excluding hydrogens is 380 g/mol. The molecule has 0 amide bonds. The third-order valence-electron chi connectivity index (χ3n) is 4.47. The molecule has 0 aliphatic rings. The van der Waals surface area contributed by atoms with Gasteiger partial charge in [0.15, 0.2) is 6.10 Å². The van der Waals surface area contributed by atoms with Gasteiger partial charge in [-0.2, -0.15) is 0 Å². The topological polar surface area (TPSA) is 72.8 Å². The second-order valence-electron chi connectivity index (χ2n) is 8.33. The lowest BCUT2D eigenvalue weighted by Crippen LogP contribution is -2.25.